The van der Waals surface area contributed by atoms with Gasteiger partial charge in [0, 0.05) is 31.2 Å². The van der Waals surface area contributed by atoms with E-state index in [1.54, 1.807) is 0 Å². The van der Waals surface area contributed by atoms with E-state index in [-0.39, 0.29) is 0 Å². The second-order valence-electron chi connectivity index (χ2n) is 7.11. The lowest BCUT2D eigenvalue weighted by Crippen LogP contribution is -2.62. The standard InChI is InChI=1S/C15H28N2O/c1-15(2)13(7-14(15)18-3)17-9-12-11-6-4-5-10(11)8-16-12/h10-14,16-17H,4-9H2,1-3H3. The number of hydrogen-bond donors (Lipinski definition) is 2. The maximum atomic E-state index is 5.52. The van der Waals surface area contributed by atoms with Crippen molar-refractivity contribution in [3.63, 3.8) is 0 Å². The highest BCUT2D eigenvalue weighted by Gasteiger charge is 2.49. The molecule has 1 saturated heterocycles. The Morgan fingerprint density at radius 2 is 2.17 bits per heavy atom. The van der Waals surface area contributed by atoms with E-state index in [2.05, 4.69) is 24.5 Å². The first-order chi connectivity index (χ1) is 8.63. The van der Waals surface area contributed by atoms with E-state index in [4.69, 9.17) is 4.74 Å². The van der Waals surface area contributed by atoms with Crippen LogP contribution >= 0.6 is 0 Å². The van der Waals surface area contributed by atoms with Crippen molar-refractivity contribution in [3.05, 3.63) is 0 Å². The fraction of sp³-hybridized carbons (Fsp3) is 1.00. The molecule has 0 spiro atoms. The zero-order valence-electron chi connectivity index (χ0n) is 12.0. The van der Waals surface area contributed by atoms with Gasteiger partial charge in [0.25, 0.3) is 0 Å². The highest BCUT2D eigenvalue weighted by Crippen LogP contribution is 2.43. The minimum absolute atomic E-state index is 0.294. The van der Waals surface area contributed by atoms with Crippen LogP contribution in [0, 0.1) is 17.3 Å². The Morgan fingerprint density at radius 1 is 1.33 bits per heavy atom. The zero-order valence-corrected chi connectivity index (χ0v) is 12.0. The van der Waals surface area contributed by atoms with Crippen molar-refractivity contribution in [2.45, 2.75) is 57.7 Å². The summed E-state index contributed by atoms with van der Waals surface area (Å²) in [6, 6.07) is 1.35. The summed E-state index contributed by atoms with van der Waals surface area (Å²) in [5.41, 5.74) is 0.294. The monoisotopic (exact) mass is 252 g/mol. The van der Waals surface area contributed by atoms with Crippen LogP contribution < -0.4 is 10.6 Å². The average molecular weight is 252 g/mol. The van der Waals surface area contributed by atoms with Crippen LogP contribution in [0.3, 0.4) is 0 Å². The first-order valence-electron chi connectivity index (χ1n) is 7.62. The second kappa shape index (κ2) is 4.77. The first kappa shape index (κ1) is 12.9. The van der Waals surface area contributed by atoms with Crippen molar-refractivity contribution in [3.8, 4) is 0 Å². The molecule has 0 amide bonds. The van der Waals surface area contributed by atoms with E-state index >= 15 is 0 Å². The summed E-state index contributed by atoms with van der Waals surface area (Å²) in [5, 5.41) is 7.51. The lowest BCUT2D eigenvalue weighted by molar-refractivity contribution is -0.0978. The van der Waals surface area contributed by atoms with Crippen LogP contribution in [0.25, 0.3) is 0 Å². The van der Waals surface area contributed by atoms with Crippen molar-refractivity contribution in [1.29, 1.82) is 0 Å². The van der Waals surface area contributed by atoms with Gasteiger partial charge in [-0.2, -0.15) is 0 Å². The summed E-state index contributed by atoms with van der Waals surface area (Å²) >= 11 is 0. The van der Waals surface area contributed by atoms with E-state index in [0.717, 1.165) is 24.4 Å². The molecule has 3 nitrogen and oxygen atoms in total. The molecule has 2 saturated carbocycles. The third-order valence-electron chi connectivity index (χ3n) is 5.92. The van der Waals surface area contributed by atoms with Crippen molar-refractivity contribution in [1.82, 2.24) is 10.6 Å². The Morgan fingerprint density at radius 3 is 2.89 bits per heavy atom. The van der Waals surface area contributed by atoms with E-state index in [1.165, 1.54) is 32.2 Å². The molecule has 0 aromatic heterocycles. The second-order valence-corrected chi connectivity index (χ2v) is 7.11. The molecule has 5 atom stereocenters. The first-order valence-corrected chi connectivity index (χ1v) is 7.62. The van der Waals surface area contributed by atoms with Crippen LogP contribution in [-0.2, 0) is 4.74 Å². The minimum Gasteiger partial charge on any atom is -0.381 e. The fourth-order valence-corrected chi connectivity index (χ4v) is 4.43. The molecule has 0 bridgehead atoms. The predicted octanol–water partition coefficient (Wildman–Crippen LogP) is 1.78. The molecule has 5 unspecified atom stereocenters. The lowest BCUT2D eigenvalue weighted by atomic mass is 9.64. The van der Waals surface area contributed by atoms with Crippen LogP contribution in [0.4, 0.5) is 0 Å². The van der Waals surface area contributed by atoms with Crippen molar-refractivity contribution >= 4 is 0 Å². The maximum Gasteiger partial charge on any atom is 0.0652 e. The highest BCUT2D eigenvalue weighted by molar-refractivity contribution is 5.04. The molecule has 3 aliphatic rings. The van der Waals surface area contributed by atoms with Crippen LogP contribution in [0.1, 0.15) is 39.5 Å². The molecular formula is C15H28N2O. The molecule has 1 aliphatic heterocycles. The smallest absolute Gasteiger partial charge is 0.0652 e. The summed E-state index contributed by atoms with van der Waals surface area (Å²) in [5.74, 6) is 1.91. The van der Waals surface area contributed by atoms with Gasteiger partial charge in [-0.25, -0.2) is 0 Å². The number of ether oxygens (including phenoxy) is 1. The number of methoxy groups -OCH3 is 1. The van der Waals surface area contributed by atoms with E-state index in [1.807, 2.05) is 7.11 Å². The Hall–Kier alpha value is -0.120. The topological polar surface area (TPSA) is 33.3 Å². The van der Waals surface area contributed by atoms with Crippen LogP contribution in [-0.4, -0.2) is 38.4 Å². The lowest BCUT2D eigenvalue weighted by Gasteiger charge is -2.51. The molecule has 3 fully saturated rings. The van der Waals surface area contributed by atoms with E-state index in [0.29, 0.717) is 17.6 Å². The Kier molecular flexibility index (Phi) is 3.41. The molecule has 3 rings (SSSR count). The van der Waals surface area contributed by atoms with Crippen molar-refractivity contribution in [2.75, 3.05) is 20.2 Å². The molecule has 1 heterocycles. The van der Waals surface area contributed by atoms with Crippen molar-refractivity contribution in [2.24, 2.45) is 17.3 Å². The number of nitrogens with one attached hydrogen (secondary N) is 2. The quantitative estimate of drug-likeness (QED) is 0.800. The van der Waals surface area contributed by atoms with E-state index < -0.39 is 0 Å². The van der Waals surface area contributed by atoms with Gasteiger partial charge < -0.3 is 15.4 Å². The molecule has 0 aromatic rings. The summed E-state index contributed by atoms with van der Waals surface area (Å²) in [6.07, 6.45) is 5.96. The normalized spacial score (nSPS) is 45.8. The number of fused-ring (bicyclic) bond motifs is 1. The van der Waals surface area contributed by atoms with Gasteiger partial charge in [0.1, 0.15) is 0 Å². The largest absolute Gasteiger partial charge is 0.381 e. The predicted molar refractivity (Wildman–Crippen MR) is 73.6 cm³/mol. The number of hydrogen-bond acceptors (Lipinski definition) is 3. The van der Waals surface area contributed by atoms with Crippen LogP contribution in [0.15, 0.2) is 0 Å². The van der Waals surface area contributed by atoms with Crippen LogP contribution in [0.2, 0.25) is 0 Å². The SMILES string of the molecule is COC1CC(NCC2NCC3CCCC32)C1(C)C. The molecule has 0 aromatic carbocycles. The van der Waals surface area contributed by atoms with Gasteiger partial charge in [0.2, 0.25) is 0 Å². The average Bonchev–Trinajstić information content (AvgIpc) is 2.91. The van der Waals surface area contributed by atoms with E-state index in [9.17, 15) is 0 Å². The van der Waals surface area contributed by atoms with Gasteiger partial charge in [0.15, 0.2) is 0 Å². The van der Waals surface area contributed by atoms with Crippen LogP contribution in [0.5, 0.6) is 0 Å². The minimum atomic E-state index is 0.294. The highest BCUT2D eigenvalue weighted by atomic mass is 16.5. The zero-order chi connectivity index (χ0) is 12.8. The molecule has 104 valence electrons. The summed E-state index contributed by atoms with van der Waals surface area (Å²) in [4.78, 5) is 0. The van der Waals surface area contributed by atoms with Gasteiger partial charge in [0.05, 0.1) is 6.10 Å². The molecule has 18 heavy (non-hydrogen) atoms. The molecule has 2 N–H and O–H groups in total. The molecular weight excluding hydrogens is 224 g/mol. The third-order valence-corrected chi connectivity index (χ3v) is 5.92. The van der Waals surface area contributed by atoms with Crippen molar-refractivity contribution < 1.29 is 4.74 Å². The Balaban J connectivity index is 1.48. The van der Waals surface area contributed by atoms with Gasteiger partial charge in [-0.15, -0.1) is 0 Å². The fourth-order valence-electron chi connectivity index (χ4n) is 4.43. The Bertz CT molecular complexity index is 305. The van der Waals surface area contributed by atoms with Gasteiger partial charge in [-0.05, 0) is 37.6 Å². The molecule has 2 aliphatic carbocycles. The third kappa shape index (κ3) is 2.00. The van der Waals surface area contributed by atoms with Gasteiger partial charge >= 0.3 is 0 Å². The number of rotatable bonds is 4. The maximum absolute atomic E-state index is 5.52. The summed E-state index contributed by atoms with van der Waals surface area (Å²) in [6.45, 7) is 7.04. The van der Waals surface area contributed by atoms with Gasteiger partial charge in [-0.1, -0.05) is 20.3 Å². The molecule has 0 radical (unpaired) electrons. The van der Waals surface area contributed by atoms with Gasteiger partial charge in [-0.3, -0.25) is 0 Å². The summed E-state index contributed by atoms with van der Waals surface area (Å²) in [7, 11) is 1.84. The molecule has 3 heteroatoms. The summed E-state index contributed by atoms with van der Waals surface area (Å²) < 4.78 is 5.52. The Labute approximate surface area is 111 Å².